The maximum Gasteiger partial charge on any atom is 0.103 e. The summed E-state index contributed by atoms with van der Waals surface area (Å²) in [6.45, 7) is 5.73. The number of nitrogens with one attached hydrogen (secondary N) is 1. The number of ether oxygens (including phenoxy) is 1. The summed E-state index contributed by atoms with van der Waals surface area (Å²) in [5.74, 6) is 0. The standard InChI is InChI=1S/C14H26N2O/c1-3-16-14(2,12-15)10-6-7-11-17-13-8-4-5-9-13/h13,16H,3-11H2,1-2H3. The molecule has 0 aromatic carbocycles. The molecular weight excluding hydrogens is 212 g/mol. The van der Waals surface area contributed by atoms with Crippen molar-refractivity contribution in [2.24, 2.45) is 0 Å². The molecule has 0 radical (unpaired) electrons. The van der Waals surface area contributed by atoms with Crippen molar-refractivity contribution in [1.82, 2.24) is 5.32 Å². The van der Waals surface area contributed by atoms with E-state index >= 15 is 0 Å². The van der Waals surface area contributed by atoms with Gasteiger partial charge in [0.05, 0.1) is 12.2 Å². The van der Waals surface area contributed by atoms with Crippen LogP contribution in [0.4, 0.5) is 0 Å². The molecule has 0 bridgehead atoms. The van der Waals surface area contributed by atoms with E-state index < -0.39 is 0 Å². The van der Waals surface area contributed by atoms with E-state index in [1.54, 1.807) is 0 Å². The third-order valence-corrected chi connectivity index (χ3v) is 3.54. The van der Waals surface area contributed by atoms with Crippen LogP contribution in [0.15, 0.2) is 0 Å². The molecule has 1 saturated carbocycles. The van der Waals surface area contributed by atoms with Crippen molar-refractivity contribution in [2.75, 3.05) is 13.2 Å². The molecule has 17 heavy (non-hydrogen) atoms. The topological polar surface area (TPSA) is 45.0 Å². The lowest BCUT2D eigenvalue weighted by Gasteiger charge is -2.22. The minimum atomic E-state index is -0.359. The van der Waals surface area contributed by atoms with Gasteiger partial charge in [0.25, 0.3) is 0 Å². The predicted octanol–water partition coefficient (Wildman–Crippen LogP) is 3.01. The SMILES string of the molecule is CCNC(C)(C#N)CCCCOC1CCCC1. The first kappa shape index (κ1) is 14.5. The summed E-state index contributed by atoms with van der Waals surface area (Å²) in [6, 6.07) is 2.36. The van der Waals surface area contributed by atoms with Crippen LogP contribution < -0.4 is 5.32 Å². The van der Waals surface area contributed by atoms with Gasteiger partial charge in [-0.05, 0) is 45.6 Å². The lowest BCUT2D eigenvalue weighted by Crippen LogP contribution is -2.40. The minimum absolute atomic E-state index is 0.359. The molecule has 1 unspecified atom stereocenters. The van der Waals surface area contributed by atoms with Crippen LogP contribution in [0.1, 0.15) is 58.8 Å². The maximum absolute atomic E-state index is 9.10. The molecule has 1 fully saturated rings. The summed E-state index contributed by atoms with van der Waals surface area (Å²) >= 11 is 0. The van der Waals surface area contributed by atoms with Gasteiger partial charge in [-0.3, -0.25) is 5.32 Å². The molecule has 1 aliphatic rings. The van der Waals surface area contributed by atoms with E-state index in [0.29, 0.717) is 6.10 Å². The number of nitrogens with zero attached hydrogens (tertiary/aromatic N) is 1. The summed E-state index contributed by atoms with van der Waals surface area (Å²) in [6.07, 6.45) is 8.70. The molecule has 0 heterocycles. The van der Waals surface area contributed by atoms with Crippen LogP contribution in [-0.2, 0) is 4.74 Å². The highest BCUT2D eigenvalue weighted by Crippen LogP contribution is 2.21. The quantitative estimate of drug-likeness (QED) is 0.661. The van der Waals surface area contributed by atoms with Gasteiger partial charge < -0.3 is 4.74 Å². The average molecular weight is 238 g/mol. The first-order chi connectivity index (χ1) is 8.20. The average Bonchev–Trinajstić information content (AvgIpc) is 2.82. The highest BCUT2D eigenvalue weighted by Gasteiger charge is 2.21. The fourth-order valence-corrected chi connectivity index (χ4v) is 2.46. The second kappa shape index (κ2) is 7.68. The Hall–Kier alpha value is -0.590. The summed E-state index contributed by atoms with van der Waals surface area (Å²) < 4.78 is 5.81. The van der Waals surface area contributed by atoms with Crippen molar-refractivity contribution >= 4 is 0 Å². The lowest BCUT2D eigenvalue weighted by atomic mass is 9.97. The van der Waals surface area contributed by atoms with E-state index in [1.807, 2.05) is 13.8 Å². The van der Waals surface area contributed by atoms with E-state index in [9.17, 15) is 0 Å². The Kier molecular flexibility index (Phi) is 6.54. The Morgan fingerprint density at radius 3 is 2.65 bits per heavy atom. The van der Waals surface area contributed by atoms with Crippen LogP contribution in [0.5, 0.6) is 0 Å². The maximum atomic E-state index is 9.10. The van der Waals surface area contributed by atoms with Gasteiger partial charge in [0.2, 0.25) is 0 Å². The van der Waals surface area contributed by atoms with Crippen molar-refractivity contribution in [3.8, 4) is 6.07 Å². The van der Waals surface area contributed by atoms with Crippen LogP contribution >= 0.6 is 0 Å². The molecule has 0 amide bonds. The Bertz CT molecular complexity index is 243. The molecular formula is C14H26N2O. The zero-order valence-electron chi connectivity index (χ0n) is 11.3. The van der Waals surface area contributed by atoms with Gasteiger partial charge >= 0.3 is 0 Å². The number of hydrogen-bond donors (Lipinski definition) is 1. The second-order valence-corrected chi connectivity index (χ2v) is 5.21. The minimum Gasteiger partial charge on any atom is -0.378 e. The van der Waals surface area contributed by atoms with Crippen LogP contribution in [0.3, 0.4) is 0 Å². The third kappa shape index (κ3) is 5.52. The molecule has 0 saturated heterocycles. The Morgan fingerprint density at radius 1 is 1.35 bits per heavy atom. The zero-order valence-corrected chi connectivity index (χ0v) is 11.3. The summed E-state index contributed by atoms with van der Waals surface area (Å²) in [5.41, 5.74) is -0.359. The summed E-state index contributed by atoms with van der Waals surface area (Å²) in [5, 5.41) is 12.3. The largest absolute Gasteiger partial charge is 0.378 e. The molecule has 98 valence electrons. The van der Waals surface area contributed by atoms with Gasteiger partial charge in [-0.25, -0.2) is 0 Å². The highest BCUT2D eigenvalue weighted by atomic mass is 16.5. The fraction of sp³-hybridized carbons (Fsp3) is 0.929. The van der Waals surface area contributed by atoms with Gasteiger partial charge in [0.15, 0.2) is 0 Å². The van der Waals surface area contributed by atoms with E-state index in [2.05, 4.69) is 11.4 Å². The number of unbranched alkanes of at least 4 members (excludes halogenated alkanes) is 1. The molecule has 1 atom stereocenters. The van der Waals surface area contributed by atoms with Crippen LogP contribution in [0.25, 0.3) is 0 Å². The molecule has 0 aromatic rings. The monoisotopic (exact) mass is 238 g/mol. The fourth-order valence-electron chi connectivity index (χ4n) is 2.46. The van der Waals surface area contributed by atoms with E-state index in [-0.39, 0.29) is 5.54 Å². The van der Waals surface area contributed by atoms with Gasteiger partial charge in [0, 0.05) is 6.61 Å². The van der Waals surface area contributed by atoms with Gasteiger partial charge in [0.1, 0.15) is 5.54 Å². The first-order valence-electron chi connectivity index (χ1n) is 6.98. The van der Waals surface area contributed by atoms with Crippen LogP contribution in [0, 0.1) is 11.3 Å². The van der Waals surface area contributed by atoms with Gasteiger partial charge in [-0.2, -0.15) is 5.26 Å². The Labute approximate surface area is 106 Å². The normalized spacial score (nSPS) is 20.1. The summed E-state index contributed by atoms with van der Waals surface area (Å²) in [7, 11) is 0. The van der Waals surface area contributed by atoms with E-state index in [1.165, 1.54) is 25.7 Å². The van der Waals surface area contributed by atoms with Crippen molar-refractivity contribution in [3.05, 3.63) is 0 Å². The first-order valence-corrected chi connectivity index (χ1v) is 6.98. The van der Waals surface area contributed by atoms with E-state index in [4.69, 9.17) is 10.00 Å². The van der Waals surface area contributed by atoms with Crippen molar-refractivity contribution in [2.45, 2.75) is 70.4 Å². The smallest absolute Gasteiger partial charge is 0.103 e. The molecule has 1 rings (SSSR count). The number of hydrogen-bond acceptors (Lipinski definition) is 3. The second-order valence-electron chi connectivity index (χ2n) is 5.21. The molecule has 0 spiro atoms. The molecule has 1 aliphatic carbocycles. The van der Waals surface area contributed by atoms with Crippen molar-refractivity contribution < 1.29 is 4.74 Å². The zero-order chi connectivity index (χ0) is 12.6. The molecule has 3 heteroatoms. The highest BCUT2D eigenvalue weighted by molar-refractivity contribution is 5.03. The van der Waals surface area contributed by atoms with Crippen LogP contribution in [-0.4, -0.2) is 24.8 Å². The molecule has 1 N–H and O–H groups in total. The van der Waals surface area contributed by atoms with Crippen LogP contribution in [0.2, 0.25) is 0 Å². The lowest BCUT2D eigenvalue weighted by molar-refractivity contribution is 0.0551. The molecule has 0 aliphatic heterocycles. The van der Waals surface area contributed by atoms with Crippen molar-refractivity contribution in [3.63, 3.8) is 0 Å². The number of nitriles is 1. The van der Waals surface area contributed by atoms with Crippen molar-refractivity contribution in [1.29, 1.82) is 5.26 Å². The molecule has 0 aromatic heterocycles. The van der Waals surface area contributed by atoms with E-state index in [0.717, 1.165) is 32.4 Å². The third-order valence-electron chi connectivity index (χ3n) is 3.54. The Balaban J connectivity index is 2.04. The number of rotatable bonds is 8. The van der Waals surface area contributed by atoms with Gasteiger partial charge in [-0.15, -0.1) is 0 Å². The predicted molar refractivity (Wildman–Crippen MR) is 69.8 cm³/mol. The van der Waals surface area contributed by atoms with Gasteiger partial charge in [-0.1, -0.05) is 19.8 Å². The molecule has 3 nitrogen and oxygen atoms in total. The summed E-state index contributed by atoms with van der Waals surface area (Å²) in [4.78, 5) is 0. The Morgan fingerprint density at radius 2 is 2.06 bits per heavy atom.